The van der Waals surface area contributed by atoms with E-state index in [0.717, 1.165) is 29.4 Å². The van der Waals surface area contributed by atoms with Gasteiger partial charge in [-0.15, -0.1) is 16.4 Å². The molecule has 1 amide bonds. The largest absolute Gasteiger partial charge is 0.348 e. The summed E-state index contributed by atoms with van der Waals surface area (Å²) in [6, 6.07) is 14.6. The van der Waals surface area contributed by atoms with Crippen LogP contribution < -0.4 is 15.5 Å². The summed E-state index contributed by atoms with van der Waals surface area (Å²) in [5.74, 6) is 0.499. The lowest BCUT2D eigenvalue weighted by Gasteiger charge is -2.47. The van der Waals surface area contributed by atoms with E-state index in [4.69, 9.17) is 10.1 Å². The first-order valence-electron chi connectivity index (χ1n) is 10.4. The van der Waals surface area contributed by atoms with Gasteiger partial charge in [-0.2, -0.15) is 4.98 Å². The summed E-state index contributed by atoms with van der Waals surface area (Å²) < 4.78 is 1.76. The Morgan fingerprint density at radius 1 is 1.16 bits per heavy atom. The second kappa shape index (κ2) is 7.44. The first kappa shape index (κ1) is 18.5. The number of pyridine rings is 1. The van der Waals surface area contributed by atoms with Crippen LogP contribution in [0.25, 0.3) is 16.3 Å². The Kier molecular flexibility index (Phi) is 4.43. The van der Waals surface area contributed by atoms with Gasteiger partial charge >= 0.3 is 0 Å². The van der Waals surface area contributed by atoms with Gasteiger partial charge in [-0.05, 0) is 24.1 Å². The van der Waals surface area contributed by atoms with Crippen LogP contribution in [0.4, 0.5) is 5.95 Å². The SMILES string of the molecule is O=C(NCc1ccccc1)c1ccc(-c2nccs2)n2nc(N3CC4CC(C3)N4)nc12. The minimum absolute atomic E-state index is 0.165. The lowest BCUT2D eigenvalue weighted by molar-refractivity contribution is 0.0952. The van der Waals surface area contributed by atoms with Crippen molar-refractivity contribution in [3.63, 3.8) is 0 Å². The molecule has 2 N–H and O–H groups in total. The summed E-state index contributed by atoms with van der Waals surface area (Å²) in [5, 5.41) is 14.1. The highest BCUT2D eigenvalue weighted by molar-refractivity contribution is 7.13. The number of anilines is 1. The maximum absolute atomic E-state index is 13.0. The van der Waals surface area contributed by atoms with Gasteiger partial charge < -0.3 is 15.5 Å². The van der Waals surface area contributed by atoms with Crippen molar-refractivity contribution in [3.05, 3.63) is 65.2 Å². The fourth-order valence-electron chi connectivity index (χ4n) is 4.32. The number of carbonyl (C=O) groups is 1. The van der Waals surface area contributed by atoms with E-state index in [-0.39, 0.29) is 5.91 Å². The van der Waals surface area contributed by atoms with Crippen molar-refractivity contribution in [3.8, 4) is 10.7 Å². The van der Waals surface area contributed by atoms with Crippen molar-refractivity contribution in [2.45, 2.75) is 25.0 Å². The van der Waals surface area contributed by atoms with Gasteiger partial charge in [-0.1, -0.05) is 30.3 Å². The standard InChI is InChI=1S/C22H21N7OS/c30-20(24-11-14-4-2-1-3-5-14)17-6-7-18(21-23-8-9-31-21)29-19(17)26-22(27-29)28-12-15-10-16(13-28)25-15/h1-9,15-16,25H,10-13H2,(H,24,30). The number of nitrogens with zero attached hydrogens (tertiary/aromatic N) is 5. The van der Waals surface area contributed by atoms with Gasteiger partial charge in [0, 0.05) is 43.3 Å². The Balaban J connectivity index is 1.37. The van der Waals surface area contributed by atoms with E-state index in [1.54, 1.807) is 22.0 Å². The zero-order chi connectivity index (χ0) is 20.8. The van der Waals surface area contributed by atoms with Crippen LogP contribution in [0, 0.1) is 0 Å². The Labute approximate surface area is 182 Å². The molecule has 8 nitrogen and oxygen atoms in total. The summed E-state index contributed by atoms with van der Waals surface area (Å²) in [7, 11) is 0. The van der Waals surface area contributed by atoms with Crippen molar-refractivity contribution >= 4 is 28.8 Å². The number of fused-ring (bicyclic) bond motifs is 3. The number of amides is 1. The Morgan fingerprint density at radius 2 is 1.97 bits per heavy atom. The van der Waals surface area contributed by atoms with Crippen LogP contribution in [-0.2, 0) is 6.54 Å². The van der Waals surface area contributed by atoms with Crippen LogP contribution in [0.1, 0.15) is 22.3 Å². The third-order valence-electron chi connectivity index (χ3n) is 5.87. The first-order valence-corrected chi connectivity index (χ1v) is 11.3. The molecule has 0 spiro atoms. The Hall–Kier alpha value is -3.30. The molecule has 3 saturated heterocycles. The minimum atomic E-state index is -0.165. The third kappa shape index (κ3) is 3.35. The summed E-state index contributed by atoms with van der Waals surface area (Å²) in [5.41, 5.74) is 2.95. The summed E-state index contributed by atoms with van der Waals surface area (Å²) in [6.07, 6.45) is 2.98. The fourth-order valence-corrected chi connectivity index (χ4v) is 4.97. The van der Waals surface area contributed by atoms with Gasteiger partial charge in [0.05, 0.1) is 5.56 Å². The number of benzene rings is 1. The molecule has 7 rings (SSSR count). The molecular formula is C22H21N7OS. The van der Waals surface area contributed by atoms with Gasteiger partial charge in [-0.3, -0.25) is 4.79 Å². The van der Waals surface area contributed by atoms with E-state index in [1.165, 1.54) is 6.42 Å². The molecule has 3 fully saturated rings. The minimum Gasteiger partial charge on any atom is -0.348 e. The van der Waals surface area contributed by atoms with Crippen molar-refractivity contribution in [1.82, 2.24) is 30.2 Å². The van der Waals surface area contributed by atoms with E-state index < -0.39 is 0 Å². The highest BCUT2D eigenvalue weighted by atomic mass is 32.1. The van der Waals surface area contributed by atoms with Crippen LogP contribution in [0.2, 0.25) is 0 Å². The Bertz CT molecular complexity index is 1220. The van der Waals surface area contributed by atoms with Crippen LogP contribution in [0.15, 0.2) is 54.0 Å². The molecule has 0 saturated carbocycles. The zero-order valence-electron chi connectivity index (χ0n) is 16.7. The topological polar surface area (TPSA) is 87.5 Å². The molecule has 3 aliphatic rings. The molecule has 0 radical (unpaired) electrons. The van der Waals surface area contributed by atoms with E-state index in [2.05, 4.69) is 20.5 Å². The van der Waals surface area contributed by atoms with E-state index >= 15 is 0 Å². The predicted octanol–water partition coefficient (Wildman–Crippen LogP) is 2.33. The molecule has 2 bridgehead atoms. The molecule has 3 aliphatic heterocycles. The van der Waals surface area contributed by atoms with Crippen LogP contribution >= 0.6 is 11.3 Å². The average Bonchev–Trinajstić information content (AvgIpc) is 3.48. The molecule has 31 heavy (non-hydrogen) atoms. The molecule has 3 aromatic heterocycles. The highest BCUT2D eigenvalue weighted by Crippen LogP contribution is 2.28. The molecule has 1 aromatic carbocycles. The Morgan fingerprint density at radius 3 is 2.71 bits per heavy atom. The van der Waals surface area contributed by atoms with E-state index in [9.17, 15) is 4.79 Å². The molecule has 6 heterocycles. The molecular weight excluding hydrogens is 410 g/mol. The maximum Gasteiger partial charge on any atom is 0.255 e. The van der Waals surface area contributed by atoms with Crippen molar-refractivity contribution in [2.24, 2.45) is 0 Å². The van der Waals surface area contributed by atoms with E-state index in [0.29, 0.717) is 35.8 Å². The van der Waals surface area contributed by atoms with Gasteiger partial charge in [-0.25, -0.2) is 9.50 Å². The summed E-state index contributed by atoms with van der Waals surface area (Å²) in [4.78, 5) is 24.5. The normalized spacial score (nSPS) is 19.9. The van der Waals surface area contributed by atoms with Gasteiger partial charge in [0.1, 0.15) is 10.7 Å². The number of piperazine rings is 1. The number of hydrogen-bond acceptors (Lipinski definition) is 7. The summed E-state index contributed by atoms with van der Waals surface area (Å²) >= 11 is 1.54. The lowest BCUT2D eigenvalue weighted by Crippen LogP contribution is -2.67. The second-order valence-electron chi connectivity index (χ2n) is 7.99. The molecule has 2 unspecified atom stereocenters. The zero-order valence-corrected chi connectivity index (χ0v) is 17.5. The molecule has 4 aromatic rings. The number of rotatable bonds is 5. The highest BCUT2D eigenvalue weighted by Gasteiger charge is 2.38. The number of aromatic nitrogens is 4. The number of thiazole rings is 1. The van der Waals surface area contributed by atoms with Crippen LogP contribution in [0.5, 0.6) is 0 Å². The summed E-state index contributed by atoms with van der Waals surface area (Å²) in [6.45, 7) is 2.23. The number of piperidine rings is 1. The number of hydrogen-bond donors (Lipinski definition) is 2. The average molecular weight is 432 g/mol. The number of nitrogens with one attached hydrogen (secondary N) is 2. The van der Waals surface area contributed by atoms with Crippen molar-refractivity contribution < 1.29 is 4.79 Å². The van der Waals surface area contributed by atoms with Gasteiger partial charge in [0.15, 0.2) is 5.65 Å². The smallest absolute Gasteiger partial charge is 0.255 e. The predicted molar refractivity (Wildman–Crippen MR) is 119 cm³/mol. The molecule has 156 valence electrons. The monoisotopic (exact) mass is 431 g/mol. The maximum atomic E-state index is 13.0. The van der Waals surface area contributed by atoms with Crippen molar-refractivity contribution in [2.75, 3.05) is 18.0 Å². The second-order valence-corrected chi connectivity index (χ2v) is 8.88. The van der Waals surface area contributed by atoms with Crippen LogP contribution in [-0.4, -0.2) is 50.7 Å². The lowest BCUT2D eigenvalue weighted by atomic mass is 9.92. The first-order chi connectivity index (χ1) is 15.2. The number of carbonyl (C=O) groups excluding carboxylic acids is 1. The molecule has 2 atom stereocenters. The fraction of sp³-hybridized carbons (Fsp3) is 0.273. The quantitative estimate of drug-likeness (QED) is 0.504. The van der Waals surface area contributed by atoms with Gasteiger partial charge in [0.25, 0.3) is 5.91 Å². The van der Waals surface area contributed by atoms with E-state index in [1.807, 2.05) is 47.8 Å². The molecule has 0 aliphatic carbocycles. The molecule has 9 heteroatoms. The van der Waals surface area contributed by atoms with Crippen molar-refractivity contribution in [1.29, 1.82) is 0 Å². The van der Waals surface area contributed by atoms with Crippen LogP contribution in [0.3, 0.4) is 0 Å². The third-order valence-corrected chi connectivity index (χ3v) is 6.67. The van der Waals surface area contributed by atoms with Gasteiger partial charge in [0.2, 0.25) is 5.95 Å².